The molecule has 0 spiro atoms. The Bertz CT molecular complexity index is 507. The molecule has 0 bridgehead atoms. The maximum atomic E-state index is 13.2. The first-order valence-electron chi connectivity index (χ1n) is 4.12. The van der Waals surface area contributed by atoms with Gasteiger partial charge in [-0.2, -0.15) is 0 Å². The van der Waals surface area contributed by atoms with Gasteiger partial charge >= 0.3 is 5.97 Å². The van der Waals surface area contributed by atoms with E-state index in [1.165, 1.54) is 18.2 Å². The van der Waals surface area contributed by atoms with Crippen molar-refractivity contribution in [2.24, 2.45) is 0 Å². The van der Waals surface area contributed by atoms with E-state index in [9.17, 15) is 9.18 Å². The molecular weight excluding hydrogens is 201 g/mol. The summed E-state index contributed by atoms with van der Waals surface area (Å²) in [7, 11) is 0. The Kier molecular flexibility index (Phi) is 2.21. The highest BCUT2D eigenvalue weighted by Gasteiger charge is 2.14. The molecule has 15 heavy (non-hydrogen) atoms. The van der Waals surface area contributed by atoms with E-state index in [0.717, 1.165) is 6.26 Å². The number of nitrogens with zero attached hydrogens (tertiary/aromatic N) is 1. The van der Waals surface area contributed by atoms with Crippen LogP contribution in [-0.4, -0.2) is 16.1 Å². The minimum atomic E-state index is -1.21. The molecule has 0 aliphatic heterocycles. The van der Waals surface area contributed by atoms with Crippen LogP contribution in [0.1, 0.15) is 10.5 Å². The maximum absolute atomic E-state index is 13.2. The molecule has 5 heteroatoms. The van der Waals surface area contributed by atoms with Crippen LogP contribution in [0.15, 0.2) is 34.9 Å². The summed E-state index contributed by atoms with van der Waals surface area (Å²) in [6.07, 6.45) is 0.976. The van der Waals surface area contributed by atoms with Gasteiger partial charge in [0.25, 0.3) is 0 Å². The van der Waals surface area contributed by atoms with Crippen LogP contribution in [0, 0.1) is 5.82 Å². The molecule has 2 rings (SSSR count). The minimum absolute atomic E-state index is 0.0366. The lowest BCUT2D eigenvalue weighted by Gasteiger charge is -1.95. The van der Waals surface area contributed by atoms with Crippen LogP contribution in [0.5, 0.6) is 0 Å². The van der Waals surface area contributed by atoms with Crippen LogP contribution in [0.4, 0.5) is 4.39 Å². The SMILES string of the molecule is O=C(O)c1coc(-c2ccccc2F)n1. The maximum Gasteiger partial charge on any atom is 0.357 e. The molecule has 1 N–H and O–H groups in total. The van der Waals surface area contributed by atoms with Crippen LogP contribution in [-0.2, 0) is 0 Å². The van der Waals surface area contributed by atoms with Crippen molar-refractivity contribution in [2.45, 2.75) is 0 Å². The minimum Gasteiger partial charge on any atom is -0.476 e. The number of hydrogen-bond acceptors (Lipinski definition) is 3. The number of carboxylic acid groups (broad SMARTS) is 1. The summed E-state index contributed by atoms with van der Waals surface area (Å²) in [4.78, 5) is 14.1. The molecule has 0 radical (unpaired) electrons. The van der Waals surface area contributed by atoms with E-state index < -0.39 is 11.8 Å². The van der Waals surface area contributed by atoms with Crippen molar-refractivity contribution in [3.8, 4) is 11.5 Å². The zero-order chi connectivity index (χ0) is 10.8. The predicted molar refractivity (Wildman–Crippen MR) is 48.9 cm³/mol. The zero-order valence-corrected chi connectivity index (χ0v) is 7.48. The van der Waals surface area contributed by atoms with Gasteiger partial charge < -0.3 is 9.52 Å². The van der Waals surface area contributed by atoms with E-state index >= 15 is 0 Å². The average molecular weight is 207 g/mol. The van der Waals surface area contributed by atoms with Crippen molar-refractivity contribution < 1.29 is 18.7 Å². The second kappa shape index (κ2) is 3.53. The second-order valence-corrected chi connectivity index (χ2v) is 2.82. The van der Waals surface area contributed by atoms with Gasteiger partial charge in [0, 0.05) is 0 Å². The van der Waals surface area contributed by atoms with E-state index in [4.69, 9.17) is 9.52 Å². The van der Waals surface area contributed by atoms with E-state index in [1.54, 1.807) is 6.07 Å². The number of aromatic nitrogens is 1. The van der Waals surface area contributed by atoms with E-state index in [-0.39, 0.29) is 17.1 Å². The Balaban J connectivity index is 2.46. The fraction of sp³-hybridized carbons (Fsp3) is 0. The summed E-state index contributed by atoms with van der Waals surface area (Å²) < 4.78 is 18.1. The zero-order valence-electron chi connectivity index (χ0n) is 7.48. The van der Waals surface area contributed by atoms with E-state index in [0.29, 0.717) is 0 Å². The number of oxazole rings is 1. The molecule has 0 saturated heterocycles. The van der Waals surface area contributed by atoms with Crippen molar-refractivity contribution in [3.05, 3.63) is 42.0 Å². The fourth-order valence-electron chi connectivity index (χ4n) is 1.13. The number of halogens is 1. The standard InChI is InChI=1S/C10H6FNO3/c11-7-4-2-1-3-6(7)9-12-8(5-15-9)10(13)14/h1-5H,(H,13,14). The van der Waals surface area contributed by atoms with E-state index in [1.807, 2.05) is 0 Å². The molecule has 0 amide bonds. The summed E-state index contributed by atoms with van der Waals surface area (Å²) in [5.74, 6) is -1.75. The van der Waals surface area contributed by atoms with Gasteiger partial charge in [0.2, 0.25) is 5.89 Å². The van der Waals surface area contributed by atoms with Crippen molar-refractivity contribution in [3.63, 3.8) is 0 Å². The topological polar surface area (TPSA) is 63.3 Å². The van der Waals surface area contributed by atoms with Gasteiger partial charge in [-0.15, -0.1) is 0 Å². The first-order valence-corrected chi connectivity index (χ1v) is 4.12. The summed E-state index contributed by atoms with van der Waals surface area (Å²) in [6.45, 7) is 0. The van der Waals surface area contributed by atoms with Gasteiger partial charge in [0.05, 0.1) is 5.56 Å². The number of carboxylic acids is 1. The highest BCUT2D eigenvalue weighted by molar-refractivity contribution is 5.85. The van der Waals surface area contributed by atoms with Gasteiger partial charge in [-0.25, -0.2) is 14.2 Å². The molecular formula is C10H6FNO3. The fourth-order valence-corrected chi connectivity index (χ4v) is 1.13. The van der Waals surface area contributed by atoms with Crippen LogP contribution < -0.4 is 0 Å². The summed E-state index contributed by atoms with van der Waals surface area (Å²) >= 11 is 0. The Morgan fingerprint density at radius 3 is 2.73 bits per heavy atom. The predicted octanol–water partition coefficient (Wildman–Crippen LogP) is 2.18. The van der Waals surface area contributed by atoms with Gasteiger partial charge in [-0.05, 0) is 12.1 Å². The van der Waals surface area contributed by atoms with Gasteiger partial charge in [0.1, 0.15) is 12.1 Å². The molecule has 0 atom stereocenters. The van der Waals surface area contributed by atoms with Gasteiger partial charge in [-0.1, -0.05) is 12.1 Å². The summed E-state index contributed by atoms with van der Waals surface area (Å²) in [6, 6.07) is 5.86. The summed E-state index contributed by atoms with van der Waals surface area (Å²) in [5, 5.41) is 8.60. The number of carbonyl (C=O) groups is 1. The molecule has 1 aromatic carbocycles. The molecule has 0 aliphatic rings. The summed E-state index contributed by atoms with van der Waals surface area (Å²) in [5.41, 5.74) is -0.0988. The van der Waals surface area contributed by atoms with Crippen molar-refractivity contribution in [2.75, 3.05) is 0 Å². The van der Waals surface area contributed by atoms with Crippen molar-refractivity contribution in [1.82, 2.24) is 4.98 Å². The molecule has 0 fully saturated rings. The van der Waals surface area contributed by atoms with Crippen LogP contribution >= 0.6 is 0 Å². The third-order valence-corrected chi connectivity index (χ3v) is 1.83. The molecule has 76 valence electrons. The number of benzene rings is 1. The quantitative estimate of drug-likeness (QED) is 0.819. The number of hydrogen-bond donors (Lipinski definition) is 1. The van der Waals surface area contributed by atoms with Crippen molar-refractivity contribution in [1.29, 1.82) is 0 Å². The number of rotatable bonds is 2. The lowest BCUT2D eigenvalue weighted by Crippen LogP contribution is -1.95. The normalized spacial score (nSPS) is 10.2. The molecule has 2 aromatic rings. The van der Waals surface area contributed by atoms with Gasteiger partial charge in [-0.3, -0.25) is 0 Å². The Morgan fingerprint density at radius 1 is 1.40 bits per heavy atom. The third kappa shape index (κ3) is 1.71. The Labute approximate surface area is 84.0 Å². The molecule has 4 nitrogen and oxygen atoms in total. The number of aromatic carboxylic acids is 1. The monoisotopic (exact) mass is 207 g/mol. The Morgan fingerprint density at radius 2 is 2.13 bits per heavy atom. The lowest BCUT2D eigenvalue weighted by molar-refractivity contribution is 0.0690. The largest absolute Gasteiger partial charge is 0.476 e. The molecule has 0 aliphatic carbocycles. The highest BCUT2D eigenvalue weighted by Crippen LogP contribution is 2.21. The lowest BCUT2D eigenvalue weighted by atomic mass is 10.2. The first-order chi connectivity index (χ1) is 7.18. The highest BCUT2D eigenvalue weighted by atomic mass is 19.1. The van der Waals surface area contributed by atoms with Crippen LogP contribution in [0.2, 0.25) is 0 Å². The average Bonchev–Trinajstić information content (AvgIpc) is 2.67. The van der Waals surface area contributed by atoms with E-state index in [2.05, 4.69) is 4.98 Å². The first kappa shape index (κ1) is 9.39. The van der Waals surface area contributed by atoms with Crippen LogP contribution in [0.3, 0.4) is 0 Å². The third-order valence-electron chi connectivity index (χ3n) is 1.83. The molecule has 1 aromatic heterocycles. The van der Waals surface area contributed by atoms with Crippen LogP contribution in [0.25, 0.3) is 11.5 Å². The van der Waals surface area contributed by atoms with Crippen molar-refractivity contribution >= 4 is 5.97 Å². The Hall–Kier alpha value is -2.17. The molecule has 0 saturated carbocycles. The molecule has 1 heterocycles. The smallest absolute Gasteiger partial charge is 0.357 e. The molecule has 0 unspecified atom stereocenters. The second-order valence-electron chi connectivity index (χ2n) is 2.82. The van der Waals surface area contributed by atoms with Gasteiger partial charge in [0.15, 0.2) is 5.69 Å².